The van der Waals surface area contributed by atoms with Crippen LogP contribution in [0.3, 0.4) is 0 Å². The lowest BCUT2D eigenvalue weighted by Crippen LogP contribution is -2.23. The molecule has 0 bridgehead atoms. The Morgan fingerprint density at radius 1 is 1.29 bits per heavy atom. The van der Waals surface area contributed by atoms with E-state index in [-0.39, 0.29) is 5.56 Å². The zero-order chi connectivity index (χ0) is 22.9. The van der Waals surface area contributed by atoms with Crippen molar-refractivity contribution in [1.82, 2.24) is 15.3 Å². The molecule has 31 heavy (non-hydrogen) atoms. The van der Waals surface area contributed by atoms with Gasteiger partial charge in [-0.3, -0.25) is 4.79 Å². The summed E-state index contributed by atoms with van der Waals surface area (Å²) in [7, 11) is 1.61. The number of alkyl halides is 3. The largest absolute Gasteiger partial charge is 0.494 e. The second-order valence-electron chi connectivity index (χ2n) is 6.30. The molecule has 13 heteroatoms. The van der Waals surface area contributed by atoms with Gasteiger partial charge in [0.1, 0.15) is 16.4 Å². The molecule has 7 nitrogen and oxygen atoms in total. The molecular formula is C18H14Br2F3N3O4S. The molecule has 2 aromatic heterocycles. The van der Waals surface area contributed by atoms with Crippen molar-refractivity contribution in [2.75, 3.05) is 13.7 Å². The fourth-order valence-corrected chi connectivity index (χ4v) is 5.66. The summed E-state index contributed by atoms with van der Waals surface area (Å²) in [6.45, 7) is 1.71. The first-order chi connectivity index (χ1) is 14.5. The third kappa shape index (κ3) is 5.10. The first kappa shape index (κ1) is 23.7. The molecule has 0 unspecified atom stereocenters. The average Bonchev–Trinajstić information content (AvgIpc) is 3.06. The minimum absolute atomic E-state index is 0.0718. The van der Waals surface area contributed by atoms with Gasteiger partial charge in [0.2, 0.25) is 0 Å². The Morgan fingerprint density at radius 2 is 1.90 bits per heavy atom. The summed E-state index contributed by atoms with van der Waals surface area (Å²) in [5.41, 5.74) is 1.89. The van der Waals surface area contributed by atoms with Crippen molar-refractivity contribution >= 4 is 59.4 Å². The van der Waals surface area contributed by atoms with Gasteiger partial charge in [0.25, 0.3) is 5.56 Å². The van der Waals surface area contributed by atoms with E-state index >= 15 is 0 Å². The van der Waals surface area contributed by atoms with Crippen LogP contribution in [-0.4, -0.2) is 40.9 Å². The number of hydrogen-bond acceptors (Lipinski definition) is 6. The summed E-state index contributed by atoms with van der Waals surface area (Å²) < 4.78 is 38.7. The second-order valence-corrected chi connectivity index (χ2v) is 9.09. The second kappa shape index (κ2) is 9.27. The van der Waals surface area contributed by atoms with Crippen LogP contribution >= 0.6 is 43.2 Å². The maximum atomic E-state index is 12.6. The molecule has 1 aliphatic rings. The van der Waals surface area contributed by atoms with Gasteiger partial charge in [0.15, 0.2) is 0 Å². The third-order valence-corrected chi connectivity index (χ3v) is 6.60. The number of rotatable bonds is 2. The maximum Gasteiger partial charge on any atom is 0.490 e. The molecule has 0 saturated heterocycles. The van der Waals surface area contributed by atoms with Crippen LogP contribution in [0.25, 0.3) is 21.6 Å². The van der Waals surface area contributed by atoms with Crippen LogP contribution in [0.15, 0.2) is 25.9 Å². The van der Waals surface area contributed by atoms with Crippen molar-refractivity contribution in [1.29, 1.82) is 0 Å². The molecule has 3 aromatic rings. The number of carbonyl (C=O) groups is 1. The van der Waals surface area contributed by atoms with Gasteiger partial charge in [-0.25, -0.2) is 9.78 Å². The first-order valence-corrected chi connectivity index (χ1v) is 11.0. The third-order valence-electron chi connectivity index (χ3n) is 4.30. The summed E-state index contributed by atoms with van der Waals surface area (Å²) in [6, 6.07) is 3.78. The molecule has 0 amide bonds. The topological polar surface area (TPSA) is 104 Å². The standard InChI is InChI=1S/C16H13Br2N3O2S.C2HF3O2/c1-23-13-9(17)4-7(5-10(13)18)14-20-15(22)12-8-2-3-19-6-11(8)24-16(12)21-14;3-2(4,5)1(6)7/h4-5,19H,2-3,6H2,1H3,(H,20,21,22);(H,6,7). The van der Waals surface area contributed by atoms with Crippen LogP contribution in [0, 0.1) is 0 Å². The molecule has 0 aliphatic carbocycles. The monoisotopic (exact) mass is 583 g/mol. The number of carboxylic acid groups (broad SMARTS) is 1. The minimum atomic E-state index is -5.08. The number of fused-ring (bicyclic) bond motifs is 3. The van der Waals surface area contributed by atoms with E-state index in [9.17, 15) is 18.0 Å². The number of hydrogen-bond donors (Lipinski definition) is 3. The number of aliphatic carboxylic acids is 1. The molecule has 4 rings (SSSR count). The first-order valence-electron chi connectivity index (χ1n) is 8.61. The van der Waals surface area contributed by atoms with Crippen molar-refractivity contribution in [2.24, 2.45) is 0 Å². The van der Waals surface area contributed by atoms with E-state index in [0.29, 0.717) is 11.6 Å². The summed E-state index contributed by atoms with van der Waals surface area (Å²) >= 11 is 8.58. The Bertz CT molecular complexity index is 1190. The maximum absolute atomic E-state index is 12.6. The minimum Gasteiger partial charge on any atom is -0.494 e. The van der Waals surface area contributed by atoms with Crippen LogP contribution in [0.4, 0.5) is 13.2 Å². The van der Waals surface area contributed by atoms with Gasteiger partial charge in [0.05, 0.1) is 21.4 Å². The Hall–Kier alpha value is -1.96. The Kier molecular flexibility index (Phi) is 7.08. The number of H-pyrrole nitrogens is 1. The highest BCUT2D eigenvalue weighted by Gasteiger charge is 2.38. The van der Waals surface area contributed by atoms with Crippen LogP contribution < -0.4 is 15.6 Å². The molecule has 3 N–H and O–H groups in total. The molecule has 0 fully saturated rings. The number of carboxylic acids is 1. The smallest absolute Gasteiger partial charge is 0.490 e. The molecule has 0 atom stereocenters. The number of methoxy groups -OCH3 is 1. The predicted molar refractivity (Wildman–Crippen MR) is 117 cm³/mol. The van der Waals surface area contributed by atoms with Gasteiger partial charge >= 0.3 is 12.1 Å². The highest BCUT2D eigenvalue weighted by molar-refractivity contribution is 9.11. The van der Waals surface area contributed by atoms with E-state index in [1.165, 1.54) is 4.88 Å². The number of benzene rings is 1. The van der Waals surface area contributed by atoms with Crippen LogP contribution in [0.2, 0.25) is 0 Å². The zero-order valence-corrected chi connectivity index (χ0v) is 19.7. The van der Waals surface area contributed by atoms with Crippen molar-refractivity contribution in [2.45, 2.75) is 19.1 Å². The molecule has 0 saturated carbocycles. The normalized spacial score (nSPS) is 13.4. The van der Waals surface area contributed by atoms with Crippen molar-refractivity contribution < 1.29 is 27.8 Å². The summed E-state index contributed by atoms with van der Waals surface area (Å²) in [6.07, 6.45) is -4.21. The number of thiophene rings is 1. The van der Waals surface area contributed by atoms with E-state index < -0.39 is 12.1 Å². The van der Waals surface area contributed by atoms with E-state index in [0.717, 1.165) is 49.8 Å². The molecule has 1 aliphatic heterocycles. The van der Waals surface area contributed by atoms with Crippen molar-refractivity contribution in [3.63, 3.8) is 0 Å². The predicted octanol–water partition coefficient (Wildman–Crippen LogP) is 4.46. The number of halogens is 5. The number of aromatic nitrogens is 2. The van der Waals surface area contributed by atoms with Gasteiger partial charge in [0, 0.05) is 17.0 Å². The van der Waals surface area contributed by atoms with E-state index in [2.05, 4.69) is 42.2 Å². The summed E-state index contributed by atoms with van der Waals surface area (Å²) in [5, 5.41) is 11.2. The Balaban J connectivity index is 0.000000339. The fourth-order valence-electron chi connectivity index (χ4n) is 2.96. The molecule has 166 valence electrons. The number of nitrogens with one attached hydrogen (secondary N) is 2. The van der Waals surface area contributed by atoms with Crippen LogP contribution in [0.1, 0.15) is 10.4 Å². The molecule has 3 heterocycles. The molecule has 0 radical (unpaired) electrons. The molecular weight excluding hydrogens is 571 g/mol. The van der Waals surface area contributed by atoms with E-state index in [1.807, 2.05) is 12.1 Å². The molecule has 0 spiro atoms. The van der Waals surface area contributed by atoms with Gasteiger partial charge in [-0.2, -0.15) is 13.2 Å². The van der Waals surface area contributed by atoms with Gasteiger partial charge in [-0.1, -0.05) is 0 Å². The van der Waals surface area contributed by atoms with E-state index in [1.54, 1.807) is 18.4 Å². The van der Waals surface area contributed by atoms with Crippen molar-refractivity contribution in [3.8, 4) is 17.1 Å². The number of aromatic amines is 1. The van der Waals surface area contributed by atoms with E-state index in [4.69, 9.17) is 19.6 Å². The SMILES string of the molecule is COc1c(Br)cc(-c2nc3sc4c(c3c(=O)[nH]2)CCNC4)cc1Br.O=C(O)C(F)(F)F. The quantitative estimate of drug-likeness (QED) is 0.411. The Labute approximate surface area is 193 Å². The van der Waals surface area contributed by atoms with Crippen molar-refractivity contribution in [3.05, 3.63) is 41.9 Å². The van der Waals surface area contributed by atoms with Gasteiger partial charge in [-0.15, -0.1) is 11.3 Å². The number of ether oxygens (including phenoxy) is 1. The van der Waals surface area contributed by atoms with Gasteiger partial charge in [-0.05, 0) is 62.5 Å². The van der Waals surface area contributed by atoms with Crippen LogP contribution in [0.5, 0.6) is 5.75 Å². The highest BCUT2D eigenvalue weighted by atomic mass is 79.9. The lowest BCUT2D eigenvalue weighted by Gasteiger charge is -2.11. The fraction of sp³-hybridized carbons (Fsp3) is 0.278. The lowest BCUT2D eigenvalue weighted by molar-refractivity contribution is -0.192. The van der Waals surface area contributed by atoms with Gasteiger partial charge < -0.3 is 20.1 Å². The zero-order valence-electron chi connectivity index (χ0n) is 15.7. The highest BCUT2D eigenvalue weighted by Crippen LogP contribution is 2.37. The average molecular weight is 585 g/mol. The van der Waals surface area contributed by atoms with Crippen LogP contribution in [-0.2, 0) is 17.8 Å². The molecule has 1 aromatic carbocycles. The number of nitrogens with zero attached hydrogens (tertiary/aromatic N) is 1. The Morgan fingerprint density at radius 3 is 2.45 bits per heavy atom. The summed E-state index contributed by atoms with van der Waals surface area (Å²) in [5.74, 6) is -1.49. The lowest BCUT2D eigenvalue weighted by atomic mass is 10.1. The summed E-state index contributed by atoms with van der Waals surface area (Å²) in [4.78, 5) is 31.2.